The lowest BCUT2D eigenvalue weighted by Crippen LogP contribution is -2.52. The molecule has 0 saturated heterocycles. The van der Waals surface area contributed by atoms with E-state index in [1.54, 1.807) is 11.3 Å². The van der Waals surface area contributed by atoms with Crippen molar-refractivity contribution in [2.24, 2.45) is 17.8 Å². The molecule has 2 N–H and O–H groups in total. The van der Waals surface area contributed by atoms with Crippen molar-refractivity contribution in [2.75, 3.05) is 13.2 Å². The molecule has 5 aliphatic rings. The van der Waals surface area contributed by atoms with Crippen LogP contribution in [0.25, 0.3) is 10.2 Å². The fraction of sp³-hybridized carbons (Fsp3) is 0.731. The minimum Gasteiger partial charge on any atom is -0.375 e. The van der Waals surface area contributed by atoms with Crippen molar-refractivity contribution in [1.82, 2.24) is 15.3 Å². The first-order valence-electron chi connectivity index (χ1n) is 13.0. The first-order valence-corrected chi connectivity index (χ1v) is 13.8. The molecule has 5 aliphatic carbocycles. The Hall–Kier alpha value is -1.73. The molecule has 178 valence electrons. The van der Waals surface area contributed by atoms with Crippen LogP contribution in [0.4, 0.5) is 0 Å². The van der Waals surface area contributed by atoms with Crippen LogP contribution in [0.2, 0.25) is 0 Å². The molecule has 0 aliphatic heterocycles. The molecule has 6 nitrogen and oxygen atoms in total. The molecule has 0 atom stereocenters. The molecule has 0 spiro atoms. The van der Waals surface area contributed by atoms with Crippen LogP contribution in [0, 0.1) is 17.8 Å². The maximum atomic E-state index is 12.6. The summed E-state index contributed by atoms with van der Waals surface area (Å²) in [5.74, 6) is 3.32. The van der Waals surface area contributed by atoms with Crippen LogP contribution in [-0.4, -0.2) is 34.6 Å². The molecule has 4 saturated carbocycles. The highest BCUT2D eigenvalue weighted by molar-refractivity contribution is 7.18. The molecular formula is C26H35N3O3S. The number of carbonyl (C=O) groups is 1. The van der Waals surface area contributed by atoms with Crippen LogP contribution in [-0.2, 0) is 28.8 Å². The van der Waals surface area contributed by atoms with Gasteiger partial charge < -0.3 is 15.0 Å². The summed E-state index contributed by atoms with van der Waals surface area (Å²) in [5, 5.41) is 3.80. The molecule has 0 aromatic carbocycles. The highest BCUT2D eigenvalue weighted by Gasteiger charge is 2.51. The molecule has 1 amide bonds. The van der Waals surface area contributed by atoms with Crippen molar-refractivity contribution in [1.29, 1.82) is 0 Å². The molecule has 2 aromatic rings. The lowest BCUT2D eigenvalue weighted by Gasteiger charge is -2.56. The van der Waals surface area contributed by atoms with E-state index in [4.69, 9.17) is 4.74 Å². The summed E-state index contributed by atoms with van der Waals surface area (Å²) in [6, 6.07) is 0. The van der Waals surface area contributed by atoms with E-state index >= 15 is 0 Å². The summed E-state index contributed by atoms with van der Waals surface area (Å²) in [6.45, 7) is 1.38. The van der Waals surface area contributed by atoms with Crippen molar-refractivity contribution in [2.45, 2.75) is 89.1 Å². The Morgan fingerprint density at radius 2 is 1.85 bits per heavy atom. The molecule has 7 rings (SSSR count). The van der Waals surface area contributed by atoms with E-state index in [-0.39, 0.29) is 17.1 Å². The van der Waals surface area contributed by atoms with Gasteiger partial charge in [-0.25, -0.2) is 4.98 Å². The van der Waals surface area contributed by atoms with Gasteiger partial charge in [0.2, 0.25) is 5.91 Å². The van der Waals surface area contributed by atoms with E-state index in [0.717, 1.165) is 60.3 Å². The zero-order valence-electron chi connectivity index (χ0n) is 19.4. The molecular weight excluding hydrogens is 434 g/mol. The number of fused-ring (bicyclic) bond motifs is 3. The predicted octanol–water partition coefficient (Wildman–Crippen LogP) is 4.29. The Bertz CT molecular complexity index is 1070. The van der Waals surface area contributed by atoms with Crippen molar-refractivity contribution < 1.29 is 9.53 Å². The van der Waals surface area contributed by atoms with Gasteiger partial charge in [0.1, 0.15) is 10.7 Å². The van der Waals surface area contributed by atoms with Gasteiger partial charge in [-0.1, -0.05) is 0 Å². The fourth-order valence-electron chi connectivity index (χ4n) is 7.44. The van der Waals surface area contributed by atoms with Crippen LogP contribution in [0.5, 0.6) is 0 Å². The predicted molar refractivity (Wildman–Crippen MR) is 130 cm³/mol. The zero-order chi connectivity index (χ0) is 22.4. The third kappa shape index (κ3) is 4.39. The number of nitrogens with zero attached hydrogens (tertiary/aromatic N) is 1. The van der Waals surface area contributed by atoms with Gasteiger partial charge in [0.25, 0.3) is 5.56 Å². The van der Waals surface area contributed by atoms with Crippen LogP contribution in [0.15, 0.2) is 4.79 Å². The van der Waals surface area contributed by atoms with Gasteiger partial charge in [-0.05, 0) is 93.9 Å². The van der Waals surface area contributed by atoms with Gasteiger partial charge in [-0.2, -0.15) is 0 Å². The summed E-state index contributed by atoms with van der Waals surface area (Å²) >= 11 is 1.66. The Balaban J connectivity index is 0.957. The Labute approximate surface area is 198 Å². The average molecular weight is 470 g/mol. The van der Waals surface area contributed by atoms with E-state index in [9.17, 15) is 9.59 Å². The van der Waals surface area contributed by atoms with E-state index in [0.29, 0.717) is 25.2 Å². The number of nitrogens with one attached hydrogen (secondary N) is 2. The van der Waals surface area contributed by atoms with E-state index < -0.39 is 0 Å². The quantitative estimate of drug-likeness (QED) is 0.565. The van der Waals surface area contributed by atoms with Gasteiger partial charge in [-0.3, -0.25) is 9.59 Å². The first-order chi connectivity index (χ1) is 16.1. The minimum atomic E-state index is -0.0448. The number of thiophene rings is 1. The molecule has 7 heteroatoms. The van der Waals surface area contributed by atoms with Crippen molar-refractivity contribution in [3.05, 3.63) is 26.6 Å². The number of H-pyrrole nitrogens is 1. The molecule has 2 heterocycles. The summed E-state index contributed by atoms with van der Waals surface area (Å²) in [6.07, 6.45) is 14.1. The standard InChI is InChI=1S/C26H35N3O3S/c30-22(27-8-3-9-32-26-13-16-10-17(14-26)12-18(11-16)15-26)7-6-21-28-24(31)23-19-4-1-2-5-20(19)33-25(23)29-21/h16-18H,1-15H2,(H,27,30)(H,28,29,31). The Kier molecular flexibility index (Phi) is 5.81. The number of aryl methyl sites for hydroxylation is 3. The third-order valence-corrected chi connectivity index (χ3v) is 9.68. The number of hydrogen-bond acceptors (Lipinski definition) is 5. The second-order valence-electron chi connectivity index (χ2n) is 11.1. The highest BCUT2D eigenvalue weighted by Crippen LogP contribution is 2.57. The van der Waals surface area contributed by atoms with E-state index in [1.807, 2.05) is 0 Å². The van der Waals surface area contributed by atoms with Crippen LogP contribution in [0.3, 0.4) is 0 Å². The van der Waals surface area contributed by atoms with Gasteiger partial charge in [0.05, 0.1) is 11.0 Å². The van der Waals surface area contributed by atoms with Crippen molar-refractivity contribution in [3.63, 3.8) is 0 Å². The number of aromatic nitrogens is 2. The molecule has 0 radical (unpaired) electrons. The summed E-state index contributed by atoms with van der Waals surface area (Å²) in [4.78, 5) is 34.7. The molecule has 33 heavy (non-hydrogen) atoms. The topological polar surface area (TPSA) is 84.1 Å². The number of amides is 1. The van der Waals surface area contributed by atoms with Gasteiger partial charge in [0, 0.05) is 30.9 Å². The maximum absolute atomic E-state index is 12.6. The SMILES string of the molecule is O=C(CCc1nc2sc3c(c2c(=O)[nH]1)CCCC3)NCCCOC12CC3CC(CC(C3)C1)C2. The van der Waals surface area contributed by atoms with Crippen molar-refractivity contribution in [3.8, 4) is 0 Å². The first kappa shape index (κ1) is 21.8. The molecule has 0 unspecified atom stereocenters. The number of ether oxygens (including phenoxy) is 1. The summed E-state index contributed by atoms with van der Waals surface area (Å²) in [7, 11) is 0. The number of rotatable bonds is 8. The minimum absolute atomic E-state index is 0.0121. The second kappa shape index (κ2) is 8.81. The van der Waals surface area contributed by atoms with Gasteiger partial charge >= 0.3 is 0 Å². The molecule has 4 fully saturated rings. The molecule has 2 aromatic heterocycles. The third-order valence-electron chi connectivity index (χ3n) is 8.50. The lowest BCUT2D eigenvalue weighted by molar-refractivity contribution is -0.162. The summed E-state index contributed by atoms with van der Waals surface area (Å²) < 4.78 is 6.44. The van der Waals surface area contributed by atoms with Crippen LogP contribution < -0.4 is 10.9 Å². The lowest BCUT2D eigenvalue weighted by atomic mass is 9.54. The Morgan fingerprint density at radius 1 is 1.12 bits per heavy atom. The fourth-order valence-corrected chi connectivity index (χ4v) is 8.72. The largest absolute Gasteiger partial charge is 0.375 e. The summed E-state index contributed by atoms with van der Waals surface area (Å²) in [5.41, 5.74) is 1.31. The smallest absolute Gasteiger partial charge is 0.259 e. The number of carbonyl (C=O) groups excluding carboxylic acids is 1. The van der Waals surface area contributed by atoms with E-state index in [2.05, 4.69) is 15.3 Å². The monoisotopic (exact) mass is 469 g/mol. The number of aromatic amines is 1. The Morgan fingerprint density at radius 3 is 2.61 bits per heavy atom. The van der Waals surface area contributed by atoms with Gasteiger partial charge in [0.15, 0.2) is 0 Å². The van der Waals surface area contributed by atoms with Gasteiger partial charge in [-0.15, -0.1) is 11.3 Å². The van der Waals surface area contributed by atoms with E-state index in [1.165, 1.54) is 55.4 Å². The normalized spacial score (nSPS) is 30.0. The highest BCUT2D eigenvalue weighted by atomic mass is 32.1. The second-order valence-corrected chi connectivity index (χ2v) is 12.1. The molecule has 4 bridgehead atoms. The number of hydrogen-bond donors (Lipinski definition) is 2. The van der Waals surface area contributed by atoms with Crippen LogP contribution in [0.1, 0.15) is 80.5 Å². The maximum Gasteiger partial charge on any atom is 0.259 e. The average Bonchev–Trinajstić information content (AvgIpc) is 3.15. The zero-order valence-corrected chi connectivity index (χ0v) is 20.2. The van der Waals surface area contributed by atoms with Crippen LogP contribution >= 0.6 is 11.3 Å². The van der Waals surface area contributed by atoms with Crippen molar-refractivity contribution >= 4 is 27.5 Å².